The summed E-state index contributed by atoms with van der Waals surface area (Å²) >= 11 is 0. The lowest BCUT2D eigenvalue weighted by Gasteiger charge is -2.31. The lowest BCUT2D eigenvalue weighted by molar-refractivity contribution is 0.180. The molecule has 1 rings (SSSR count). The Hall–Kier alpha value is -0.930. The Balaban J connectivity index is 2.62. The van der Waals surface area contributed by atoms with E-state index in [1.807, 2.05) is 18.3 Å². The second-order valence-corrected chi connectivity index (χ2v) is 4.20. The topological polar surface area (TPSA) is 42.1 Å². The van der Waals surface area contributed by atoms with Crippen LogP contribution in [-0.2, 0) is 6.54 Å². The summed E-state index contributed by atoms with van der Waals surface area (Å²) in [5, 5.41) is 0. The van der Waals surface area contributed by atoms with Crippen LogP contribution < -0.4 is 5.73 Å². The Morgan fingerprint density at radius 2 is 2.12 bits per heavy atom. The highest BCUT2D eigenvalue weighted by molar-refractivity contribution is 5.03. The number of nitrogens with zero attached hydrogens (tertiary/aromatic N) is 2. The molecular formula is C13H23N3. The number of hydrogen-bond acceptors (Lipinski definition) is 3. The van der Waals surface area contributed by atoms with E-state index in [2.05, 4.69) is 36.7 Å². The third-order valence-corrected chi connectivity index (χ3v) is 3.16. The Labute approximate surface area is 98.7 Å². The second kappa shape index (κ2) is 6.61. The zero-order chi connectivity index (χ0) is 12.0. The Bertz CT molecular complexity index is 286. The van der Waals surface area contributed by atoms with Gasteiger partial charge in [0.25, 0.3) is 0 Å². The number of pyridine rings is 1. The summed E-state index contributed by atoms with van der Waals surface area (Å²) < 4.78 is 0. The fourth-order valence-electron chi connectivity index (χ4n) is 1.86. The summed E-state index contributed by atoms with van der Waals surface area (Å²) in [5.41, 5.74) is 7.20. The fourth-order valence-corrected chi connectivity index (χ4v) is 1.86. The van der Waals surface area contributed by atoms with E-state index in [-0.39, 0.29) is 6.04 Å². The standard InChI is InChI=1S/C13H23N3/c1-4-13(14)11(3)16(5-2)10-12-8-6-7-9-15-12/h6-9,11,13H,4-5,10,14H2,1-3H3. The maximum atomic E-state index is 6.08. The molecule has 0 saturated heterocycles. The van der Waals surface area contributed by atoms with Gasteiger partial charge in [0.05, 0.1) is 5.69 Å². The van der Waals surface area contributed by atoms with E-state index in [0.717, 1.165) is 25.2 Å². The molecular weight excluding hydrogens is 198 g/mol. The van der Waals surface area contributed by atoms with Gasteiger partial charge in [0.2, 0.25) is 0 Å². The van der Waals surface area contributed by atoms with E-state index in [9.17, 15) is 0 Å². The molecule has 0 fully saturated rings. The van der Waals surface area contributed by atoms with Crippen LogP contribution in [0.2, 0.25) is 0 Å². The van der Waals surface area contributed by atoms with Crippen molar-refractivity contribution >= 4 is 0 Å². The smallest absolute Gasteiger partial charge is 0.0544 e. The van der Waals surface area contributed by atoms with Crippen LogP contribution in [0.15, 0.2) is 24.4 Å². The van der Waals surface area contributed by atoms with Crippen molar-refractivity contribution in [1.82, 2.24) is 9.88 Å². The summed E-state index contributed by atoms with van der Waals surface area (Å²) in [4.78, 5) is 6.72. The molecule has 3 heteroatoms. The number of nitrogens with two attached hydrogens (primary N) is 1. The van der Waals surface area contributed by atoms with Crippen LogP contribution in [0.1, 0.15) is 32.9 Å². The zero-order valence-corrected chi connectivity index (χ0v) is 10.6. The van der Waals surface area contributed by atoms with Crippen molar-refractivity contribution in [1.29, 1.82) is 0 Å². The van der Waals surface area contributed by atoms with Crippen LogP contribution >= 0.6 is 0 Å². The second-order valence-electron chi connectivity index (χ2n) is 4.20. The SMILES string of the molecule is CCC(N)C(C)N(CC)Cc1ccccn1. The molecule has 1 aromatic heterocycles. The van der Waals surface area contributed by atoms with Crippen molar-refractivity contribution in [2.24, 2.45) is 5.73 Å². The van der Waals surface area contributed by atoms with Gasteiger partial charge < -0.3 is 5.73 Å². The summed E-state index contributed by atoms with van der Waals surface area (Å²) in [6.45, 7) is 8.38. The van der Waals surface area contributed by atoms with Crippen molar-refractivity contribution in [3.8, 4) is 0 Å². The summed E-state index contributed by atoms with van der Waals surface area (Å²) in [5.74, 6) is 0. The Kier molecular flexibility index (Phi) is 5.43. The van der Waals surface area contributed by atoms with Crippen molar-refractivity contribution in [3.05, 3.63) is 30.1 Å². The summed E-state index contributed by atoms with van der Waals surface area (Å²) in [7, 11) is 0. The minimum atomic E-state index is 0.240. The van der Waals surface area contributed by atoms with Gasteiger partial charge in [0.1, 0.15) is 0 Å². The van der Waals surface area contributed by atoms with Crippen molar-refractivity contribution in [3.63, 3.8) is 0 Å². The van der Waals surface area contributed by atoms with Crippen LogP contribution in [0.5, 0.6) is 0 Å². The first kappa shape index (κ1) is 13.1. The predicted octanol–water partition coefficient (Wildman–Crippen LogP) is 2.03. The quantitative estimate of drug-likeness (QED) is 0.799. The molecule has 0 saturated carbocycles. The van der Waals surface area contributed by atoms with Crippen LogP contribution in [0, 0.1) is 0 Å². The lowest BCUT2D eigenvalue weighted by atomic mass is 10.1. The Morgan fingerprint density at radius 3 is 2.62 bits per heavy atom. The van der Waals surface area contributed by atoms with Crippen LogP contribution in [0.3, 0.4) is 0 Å². The first-order valence-corrected chi connectivity index (χ1v) is 6.08. The van der Waals surface area contributed by atoms with Crippen molar-refractivity contribution in [2.75, 3.05) is 6.54 Å². The summed E-state index contributed by atoms with van der Waals surface area (Å²) in [6.07, 6.45) is 2.85. The molecule has 0 radical (unpaired) electrons. The minimum Gasteiger partial charge on any atom is -0.326 e. The number of hydrogen-bond donors (Lipinski definition) is 1. The minimum absolute atomic E-state index is 0.240. The molecule has 2 N–H and O–H groups in total. The van der Waals surface area contributed by atoms with Gasteiger partial charge in [-0.05, 0) is 32.0 Å². The molecule has 0 aliphatic heterocycles. The van der Waals surface area contributed by atoms with E-state index in [1.54, 1.807) is 0 Å². The third-order valence-electron chi connectivity index (χ3n) is 3.16. The largest absolute Gasteiger partial charge is 0.326 e. The molecule has 0 bridgehead atoms. The van der Waals surface area contributed by atoms with Gasteiger partial charge in [-0.15, -0.1) is 0 Å². The molecule has 3 nitrogen and oxygen atoms in total. The van der Waals surface area contributed by atoms with E-state index in [4.69, 9.17) is 5.73 Å². The molecule has 1 heterocycles. The molecule has 0 amide bonds. The molecule has 0 aliphatic carbocycles. The third kappa shape index (κ3) is 3.58. The lowest BCUT2D eigenvalue weighted by Crippen LogP contribution is -2.45. The maximum Gasteiger partial charge on any atom is 0.0544 e. The molecule has 16 heavy (non-hydrogen) atoms. The van der Waals surface area contributed by atoms with Gasteiger partial charge in [-0.3, -0.25) is 9.88 Å². The molecule has 1 aromatic rings. The van der Waals surface area contributed by atoms with Crippen LogP contribution in [0.25, 0.3) is 0 Å². The highest BCUT2D eigenvalue weighted by atomic mass is 15.2. The maximum absolute atomic E-state index is 6.08. The van der Waals surface area contributed by atoms with Crippen molar-refractivity contribution < 1.29 is 0 Å². The average molecular weight is 221 g/mol. The number of likely N-dealkylation sites (N-methyl/N-ethyl adjacent to an activating group) is 1. The van der Waals surface area contributed by atoms with Gasteiger partial charge in [-0.25, -0.2) is 0 Å². The van der Waals surface area contributed by atoms with E-state index < -0.39 is 0 Å². The highest BCUT2D eigenvalue weighted by Crippen LogP contribution is 2.09. The Morgan fingerprint density at radius 1 is 1.38 bits per heavy atom. The average Bonchev–Trinajstić information content (AvgIpc) is 2.35. The molecule has 90 valence electrons. The zero-order valence-electron chi connectivity index (χ0n) is 10.6. The molecule has 0 aliphatic rings. The predicted molar refractivity (Wildman–Crippen MR) is 68.0 cm³/mol. The van der Waals surface area contributed by atoms with Crippen LogP contribution in [0.4, 0.5) is 0 Å². The van der Waals surface area contributed by atoms with Gasteiger partial charge >= 0.3 is 0 Å². The van der Waals surface area contributed by atoms with Crippen molar-refractivity contribution in [2.45, 2.75) is 45.8 Å². The monoisotopic (exact) mass is 221 g/mol. The van der Waals surface area contributed by atoms with Gasteiger partial charge in [0, 0.05) is 24.8 Å². The fraction of sp³-hybridized carbons (Fsp3) is 0.615. The number of rotatable bonds is 6. The van der Waals surface area contributed by atoms with Gasteiger partial charge in [0.15, 0.2) is 0 Å². The van der Waals surface area contributed by atoms with Crippen LogP contribution in [-0.4, -0.2) is 28.5 Å². The first-order chi connectivity index (χ1) is 7.69. The molecule has 0 spiro atoms. The van der Waals surface area contributed by atoms with E-state index in [1.165, 1.54) is 0 Å². The molecule has 2 unspecified atom stereocenters. The molecule has 0 aromatic carbocycles. The van der Waals surface area contributed by atoms with E-state index >= 15 is 0 Å². The summed E-state index contributed by atoms with van der Waals surface area (Å²) in [6, 6.07) is 6.68. The number of aromatic nitrogens is 1. The normalized spacial score (nSPS) is 15.1. The van der Waals surface area contributed by atoms with Gasteiger partial charge in [-0.2, -0.15) is 0 Å². The van der Waals surface area contributed by atoms with Gasteiger partial charge in [-0.1, -0.05) is 19.9 Å². The highest BCUT2D eigenvalue weighted by Gasteiger charge is 2.18. The first-order valence-electron chi connectivity index (χ1n) is 6.08. The van der Waals surface area contributed by atoms with E-state index in [0.29, 0.717) is 6.04 Å². The molecule has 2 atom stereocenters.